The first kappa shape index (κ1) is 17.8. The van der Waals surface area contributed by atoms with Crippen molar-refractivity contribution < 1.29 is 19.1 Å². The van der Waals surface area contributed by atoms with Gasteiger partial charge in [-0.05, 0) is 19.1 Å². The molecule has 7 heteroatoms. The fourth-order valence-corrected chi connectivity index (χ4v) is 3.32. The monoisotopic (exact) mass is 355 g/mol. The molecule has 0 unspecified atom stereocenters. The highest BCUT2D eigenvalue weighted by Crippen LogP contribution is 2.33. The van der Waals surface area contributed by atoms with E-state index in [2.05, 4.69) is 16.6 Å². The molecule has 0 saturated carbocycles. The molecule has 2 N–H and O–H groups in total. The Kier molecular flexibility index (Phi) is 4.85. The SMILES string of the molecule is C#CCNC(=O)[C@@H](C)N1CC[C@@]2(CCC1=O)NC(=O)c1ccccc1O2. The average molecular weight is 355 g/mol. The Morgan fingerprint density at radius 3 is 2.96 bits per heavy atom. The first-order chi connectivity index (χ1) is 12.5. The quantitative estimate of drug-likeness (QED) is 0.780. The van der Waals surface area contributed by atoms with Gasteiger partial charge in [0.1, 0.15) is 11.8 Å². The van der Waals surface area contributed by atoms with Crippen molar-refractivity contribution >= 4 is 17.7 Å². The molecule has 0 aliphatic carbocycles. The number of hydrogen-bond acceptors (Lipinski definition) is 4. The van der Waals surface area contributed by atoms with Crippen LogP contribution in [0.15, 0.2) is 24.3 Å². The fourth-order valence-electron chi connectivity index (χ4n) is 3.32. The normalized spacial score (nSPS) is 23.2. The summed E-state index contributed by atoms with van der Waals surface area (Å²) in [6.07, 6.45) is 6.07. The van der Waals surface area contributed by atoms with Gasteiger partial charge in [-0.1, -0.05) is 18.1 Å². The van der Waals surface area contributed by atoms with Crippen LogP contribution < -0.4 is 15.4 Å². The zero-order valence-corrected chi connectivity index (χ0v) is 14.6. The van der Waals surface area contributed by atoms with Gasteiger partial charge in [0.25, 0.3) is 5.91 Å². The number of hydrogen-bond donors (Lipinski definition) is 2. The van der Waals surface area contributed by atoms with Crippen LogP contribution >= 0.6 is 0 Å². The molecular formula is C19H21N3O4. The fraction of sp³-hybridized carbons (Fsp3) is 0.421. The molecule has 2 aliphatic heterocycles. The van der Waals surface area contributed by atoms with Crippen molar-refractivity contribution in [3.63, 3.8) is 0 Å². The van der Waals surface area contributed by atoms with E-state index in [-0.39, 0.29) is 30.7 Å². The molecule has 136 valence electrons. The number of ether oxygens (including phenoxy) is 1. The van der Waals surface area contributed by atoms with Crippen molar-refractivity contribution in [2.75, 3.05) is 13.1 Å². The number of benzene rings is 1. The largest absolute Gasteiger partial charge is 0.467 e. The van der Waals surface area contributed by atoms with Crippen LogP contribution in [0.1, 0.15) is 36.5 Å². The summed E-state index contributed by atoms with van der Waals surface area (Å²) in [6, 6.07) is 6.38. The number of carbonyl (C=O) groups excluding carboxylic acids is 3. The van der Waals surface area contributed by atoms with Crippen LogP contribution in [0.3, 0.4) is 0 Å². The number of fused-ring (bicyclic) bond motifs is 1. The van der Waals surface area contributed by atoms with Gasteiger partial charge in [0.05, 0.1) is 12.1 Å². The molecule has 2 aliphatic rings. The van der Waals surface area contributed by atoms with E-state index in [1.54, 1.807) is 31.2 Å². The van der Waals surface area contributed by atoms with Crippen LogP contribution in [0.2, 0.25) is 0 Å². The Balaban J connectivity index is 1.76. The van der Waals surface area contributed by atoms with E-state index in [1.807, 2.05) is 0 Å². The van der Waals surface area contributed by atoms with Gasteiger partial charge in [0.15, 0.2) is 5.72 Å². The standard InChI is InChI=1S/C19H21N3O4/c1-3-11-20-17(24)13(2)22-12-10-19(9-8-16(22)23)21-18(25)14-6-4-5-7-15(14)26-19/h1,4-7,13H,8-12H2,2H3,(H,20,24)(H,21,25)/t13-,19+/m1/s1. The molecular weight excluding hydrogens is 334 g/mol. The lowest BCUT2D eigenvalue weighted by atomic mass is 10.0. The maximum absolute atomic E-state index is 12.5. The molecule has 0 bridgehead atoms. The van der Waals surface area contributed by atoms with Gasteiger partial charge in [0.2, 0.25) is 11.8 Å². The van der Waals surface area contributed by atoms with Crippen LogP contribution in [0.25, 0.3) is 0 Å². The third-order valence-corrected chi connectivity index (χ3v) is 4.81. The Morgan fingerprint density at radius 2 is 2.19 bits per heavy atom. The lowest BCUT2D eigenvalue weighted by molar-refractivity contribution is -0.139. The highest BCUT2D eigenvalue weighted by atomic mass is 16.5. The maximum atomic E-state index is 12.5. The molecule has 0 aromatic heterocycles. The molecule has 1 fully saturated rings. The Bertz CT molecular complexity index is 785. The summed E-state index contributed by atoms with van der Waals surface area (Å²) >= 11 is 0. The minimum Gasteiger partial charge on any atom is -0.467 e. The highest BCUT2D eigenvalue weighted by molar-refractivity contribution is 5.98. The second-order valence-electron chi connectivity index (χ2n) is 6.48. The number of carbonyl (C=O) groups is 3. The van der Waals surface area contributed by atoms with Gasteiger partial charge in [-0.2, -0.15) is 0 Å². The predicted octanol–water partition coefficient (Wildman–Crippen LogP) is 0.656. The van der Waals surface area contributed by atoms with E-state index in [1.165, 1.54) is 4.90 Å². The number of amides is 3. The first-order valence-electron chi connectivity index (χ1n) is 8.57. The third-order valence-electron chi connectivity index (χ3n) is 4.81. The number of nitrogens with one attached hydrogen (secondary N) is 2. The molecule has 1 aromatic carbocycles. The van der Waals surface area contributed by atoms with Gasteiger partial charge in [-0.3, -0.25) is 14.4 Å². The average Bonchev–Trinajstić information content (AvgIpc) is 2.79. The van der Waals surface area contributed by atoms with Crippen LogP contribution in [-0.2, 0) is 9.59 Å². The van der Waals surface area contributed by atoms with E-state index in [9.17, 15) is 14.4 Å². The zero-order valence-electron chi connectivity index (χ0n) is 14.6. The first-order valence-corrected chi connectivity index (χ1v) is 8.57. The molecule has 2 atom stereocenters. The molecule has 1 aromatic rings. The number of terminal acetylenes is 1. The number of likely N-dealkylation sites (tertiary alicyclic amines) is 1. The predicted molar refractivity (Wildman–Crippen MR) is 94.1 cm³/mol. The molecule has 1 spiro atoms. The highest BCUT2D eigenvalue weighted by Gasteiger charge is 2.43. The minimum atomic E-state index is -0.940. The van der Waals surface area contributed by atoms with E-state index < -0.39 is 11.8 Å². The second kappa shape index (κ2) is 7.08. The van der Waals surface area contributed by atoms with Gasteiger partial charge < -0.3 is 20.3 Å². The Hall–Kier alpha value is -3.01. The van der Waals surface area contributed by atoms with E-state index in [0.29, 0.717) is 30.7 Å². The number of nitrogens with zero attached hydrogens (tertiary/aromatic N) is 1. The van der Waals surface area contributed by atoms with Gasteiger partial charge in [-0.15, -0.1) is 6.42 Å². The Morgan fingerprint density at radius 1 is 1.42 bits per heavy atom. The van der Waals surface area contributed by atoms with E-state index in [0.717, 1.165) is 0 Å². The van der Waals surface area contributed by atoms with Crippen molar-refractivity contribution in [1.29, 1.82) is 0 Å². The second-order valence-corrected chi connectivity index (χ2v) is 6.48. The summed E-state index contributed by atoms with van der Waals surface area (Å²) in [6.45, 7) is 2.08. The molecule has 0 radical (unpaired) electrons. The number of rotatable bonds is 3. The van der Waals surface area contributed by atoms with Crippen LogP contribution in [0, 0.1) is 12.3 Å². The minimum absolute atomic E-state index is 0.116. The maximum Gasteiger partial charge on any atom is 0.258 e. The van der Waals surface area contributed by atoms with E-state index >= 15 is 0 Å². The van der Waals surface area contributed by atoms with Gasteiger partial charge in [-0.25, -0.2) is 0 Å². The van der Waals surface area contributed by atoms with Crippen molar-refractivity contribution in [2.24, 2.45) is 0 Å². The van der Waals surface area contributed by atoms with Crippen molar-refractivity contribution in [3.8, 4) is 18.1 Å². The summed E-state index contributed by atoms with van der Waals surface area (Å²) < 4.78 is 6.07. The summed E-state index contributed by atoms with van der Waals surface area (Å²) in [5.41, 5.74) is -0.460. The molecule has 26 heavy (non-hydrogen) atoms. The summed E-state index contributed by atoms with van der Waals surface area (Å²) in [4.78, 5) is 38.6. The van der Waals surface area contributed by atoms with Crippen molar-refractivity contribution in [2.45, 2.75) is 38.0 Å². The topological polar surface area (TPSA) is 87.7 Å². The van der Waals surface area contributed by atoms with Crippen LogP contribution in [-0.4, -0.2) is 47.5 Å². The van der Waals surface area contributed by atoms with Crippen molar-refractivity contribution in [3.05, 3.63) is 29.8 Å². The Labute approximate surface area is 152 Å². The third kappa shape index (κ3) is 3.36. The lowest BCUT2D eigenvalue weighted by Gasteiger charge is -2.38. The smallest absolute Gasteiger partial charge is 0.258 e. The molecule has 2 heterocycles. The summed E-state index contributed by atoms with van der Waals surface area (Å²) in [7, 11) is 0. The van der Waals surface area contributed by atoms with Crippen LogP contribution in [0.5, 0.6) is 5.75 Å². The van der Waals surface area contributed by atoms with E-state index in [4.69, 9.17) is 11.2 Å². The van der Waals surface area contributed by atoms with Gasteiger partial charge >= 0.3 is 0 Å². The molecule has 7 nitrogen and oxygen atoms in total. The summed E-state index contributed by atoms with van der Waals surface area (Å²) in [5, 5.41) is 5.50. The lowest BCUT2D eigenvalue weighted by Crippen LogP contribution is -2.56. The number of para-hydroxylation sites is 1. The van der Waals surface area contributed by atoms with Crippen LogP contribution in [0.4, 0.5) is 0 Å². The summed E-state index contributed by atoms with van der Waals surface area (Å²) in [5.74, 6) is 2.18. The molecule has 3 amide bonds. The molecule has 3 rings (SSSR count). The molecule has 1 saturated heterocycles. The zero-order chi connectivity index (χ0) is 18.7. The van der Waals surface area contributed by atoms with Crippen molar-refractivity contribution in [1.82, 2.24) is 15.5 Å². The van der Waals surface area contributed by atoms with Gasteiger partial charge in [0, 0.05) is 25.8 Å².